The lowest BCUT2D eigenvalue weighted by Gasteiger charge is -2.24. The first-order chi connectivity index (χ1) is 10.2. The second kappa shape index (κ2) is 8.14. The summed E-state index contributed by atoms with van der Waals surface area (Å²) in [4.78, 5) is 22.4. The highest BCUT2D eigenvalue weighted by atomic mass is 79.9. The van der Waals surface area contributed by atoms with Crippen LogP contribution < -0.4 is 5.32 Å². The molecule has 0 bridgehead atoms. The van der Waals surface area contributed by atoms with Crippen LogP contribution in [0.25, 0.3) is 0 Å². The van der Waals surface area contributed by atoms with E-state index in [4.69, 9.17) is 14.6 Å². The molecule has 0 aliphatic rings. The van der Waals surface area contributed by atoms with Gasteiger partial charge in [0.05, 0.1) is 12.6 Å². The summed E-state index contributed by atoms with van der Waals surface area (Å²) in [5, 5.41) is 11.3. The van der Waals surface area contributed by atoms with Gasteiger partial charge in [-0.25, -0.2) is 9.59 Å². The van der Waals surface area contributed by atoms with Crippen molar-refractivity contribution >= 4 is 28.0 Å². The molecule has 1 aromatic rings. The maximum Gasteiger partial charge on any atom is 0.408 e. The minimum absolute atomic E-state index is 0.0349. The van der Waals surface area contributed by atoms with Crippen LogP contribution in [0.2, 0.25) is 0 Å². The maximum atomic E-state index is 11.9. The molecular formula is C15H20BrNO5. The van der Waals surface area contributed by atoms with E-state index >= 15 is 0 Å². The number of aliphatic carboxylic acids is 1. The Morgan fingerprint density at radius 1 is 1.27 bits per heavy atom. The predicted molar refractivity (Wildman–Crippen MR) is 84.7 cm³/mol. The van der Waals surface area contributed by atoms with Gasteiger partial charge in [-0.15, -0.1) is 0 Å². The van der Waals surface area contributed by atoms with Gasteiger partial charge in [0.15, 0.2) is 0 Å². The number of hydrogen-bond acceptors (Lipinski definition) is 4. The highest BCUT2D eigenvalue weighted by Crippen LogP contribution is 2.18. The molecule has 0 saturated heterocycles. The van der Waals surface area contributed by atoms with Crippen LogP contribution in [-0.4, -0.2) is 36.0 Å². The molecule has 22 heavy (non-hydrogen) atoms. The highest BCUT2D eigenvalue weighted by Gasteiger charge is 2.21. The van der Waals surface area contributed by atoms with Crippen molar-refractivity contribution in [3.8, 4) is 0 Å². The van der Waals surface area contributed by atoms with Crippen LogP contribution in [0.1, 0.15) is 32.4 Å². The van der Waals surface area contributed by atoms with Gasteiger partial charge in [0.25, 0.3) is 0 Å². The number of hydrogen-bond donors (Lipinski definition) is 2. The number of carboxylic acids is 1. The summed E-state index contributed by atoms with van der Waals surface area (Å²) in [6, 6.07) is 6.79. The van der Waals surface area contributed by atoms with E-state index in [2.05, 4.69) is 21.2 Å². The van der Waals surface area contributed by atoms with Crippen LogP contribution in [0.5, 0.6) is 0 Å². The van der Waals surface area contributed by atoms with E-state index in [1.54, 1.807) is 20.8 Å². The molecule has 0 aromatic heterocycles. The SMILES string of the molecule is CC(C)(C)OC(=O)N[C@@H](COCC(=O)O)c1ccc(Br)cc1. The number of amides is 1. The summed E-state index contributed by atoms with van der Waals surface area (Å²) in [5.74, 6) is -1.06. The molecule has 0 unspecified atom stereocenters. The topological polar surface area (TPSA) is 84.9 Å². The van der Waals surface area contributed by atoms with Gasteiger partial charge < -0.3 is 19.9 Å². The molecule has 0 saturated carbocycles. The van der Waals surface area contributed by atoms with Gasteiger partial charge >= 0.3 is 12.1 Å². The second-order valence-corrected chi connectivity index (χ2v) is 6.57. The third kappa shape index (κ3) is 7.42. The van der Waals surface area contributed by atoms with Crippen molar-refractivity contribution in [3.63, 3.8) is 0 Å². The van der Waals surface area contributed by atoms with Gasteiger partial charge in [-0.3, -0.25) is 0 Å². The van der Waals surface area contributed by atoms with Crippen LogP contribution in [-0.2, 0) is 14.3 Å². The van der Waals surface area contributed by atoms with Crippen molar-refractivity contribution < 1.29 is 24.2 Å². The third-order valence-electron chi connectivity index (χ3n) is 2.47. The molecule has 122 valence electrons. The molecular weight excluding hydrogens is 354 g/mol. The Morgan fingerprint density at radius 3 is 2.36 bits per heavy atom. The Hall–Kier alpha value is -1.60. The normalized spacial score (nSPS) is 12.5. The molecule has 1 atom stereocenters. The van der Waals surface area contributed by atoms with Crippen LogP contribution in [0.15, 0.2) is 28.7 Å². The van der Waals surface area contributed by atoms with E-state index in [1.807, 2.05) is 24.3 Å². The number of rotatable bonds is 6. The smallest absolute Gasteiger partial charge is 0.408 e. The Labute approximate surface area is 137 Å². The zero-order valence-corrected chi connectivity index (χ0v) is 14.3. The van der Waals surface area contributed by atoms with Gasteiger partial charge in [-0.1, -0.05) is 28.1 Å². The van der Waals surface area contributed by atoms with Crippen molar-refractivity contribution in [1.29, 1.82) is 0 Å². The first-order valence-corrected chi connectivity index (χ1v) is 7.51. The third-order valence-corrected chi connectivity index (χ3v) is 3.00. The molecule has 1 aromatic carbocycles. The first kappa shape index (κ1) is 18.4. The number of benzene rings is 1. The number of carbonyl (C=O) groups excluding carboxylic acids is 1. The summed E-state index contributed by atoms with van der Waals surface area (Å²) in [7, 11) is 0. The van der Waals surface area contributed by atoms with Crippen LogP contribution in [0.3, 0.4) is 0 Å². The first-order valence-electron chi connectivity index (χ1n) is 6.72. The average Bonchev–Trinajstić information content (AvgIpc) is 2.36. The number of ether oxygens (including phenoxy) is 2. The van der Waals surface area contributed by atoms with Gasteiger partial charge in [0.2, 0.25) is 0 Å². The summed E-state index contributed by atoms with van der Waals surface area (Å²) in [5.41, 5.74) is 0.176. The average molecular weight is 374 g/mol. The number of nitrogens with one attached hydrogen (secondary N) is 1. The predicted octanol–water partition coefficient (Wildman–Crippen LogP) is 3.12. The Balaban J connectivity index is 2.75. The molecule has 1 amide bonds. The maximum absolute atomic E-state index is 11.9. The minimum Gasteiger partial charge on any atom is -0.480 e. The van der Waals surface area contributed by atoms with Gasteiger partial charge in [0, 0.05) is 4.47 Å². The zero-order chi connectivity index (χ0) is 16.8. The molecule has 1 rings (SSSR count). The number of carbonyl (C=O) groups is 2. The Kier molecular flexibility index (Phi) is 6.83. The van der Waals surface area contributed by atoms with E-state index in [0.29, 0.717) is 0 Å². The molecule has 0 fully saturated rings. The molecule has 7 heteroatoms. The van der Waals surface area contributed by atoms with Crippen molar-refractivity contribution in [2.45, 2.75) is 32.4 Å². The Bertz CT molecular complexity index is 510. The fourth-order valence-corrected chi connectivity index (χ4v) is 1.89. The number of halogens is 1. The van der Waals surface area contributed by atoms with Crippen molar-refractivity contribution in [2.24, 2.45) is 0 Å². The molecule has 6 nitrogen and oxygen atoms in total. The van der Waals surface area contributed by atoms with Crippen molar-refractivity contribution in [2.75, 3.05) is 13.2 Å². The highest BCUT2D eigenvalue weighted by molar-refractivity contribution is 9.10. The standard InChI is InChI=1S/C15H20BrNO5/c1-15(2,3)22-14(20)17-12(8-21-9-13(18)19)10-4-6-11(16)7-5-10/h4-7,12H,8-9H2,1-3H3,(H,17,20)(H,18,19)/t12-/m0/s1. The monoisotopic (exact) mass is 373 g/mol. The lowest BCUT2D eigenvalue weighted by atomic mass is 10.1. The van der Waals surface area contributed by atoms with Crippen LogP contribution >= 0.6 is 15.9 Å². The molecule has 0 aliphatic carbocycles. The van der Waals surface area contributed by atoms with E-state index < -0.39 is 30.3 Å². The lowest BCUT2D eigenvalue weighted by Crippen LogP contribution is -2.37. The van der Waals surface area contributed by atoms with Gasteiger partial charge in [-0.05, 0) is 38.5 Å². The molecule has 0 heterocycles. The van der Waals surface area contributed by atoms with Crippen molar-refractivity contribution in [3.05, 3.63) is 34.3 Å². The molecule has 0 spiro atoms. The van der Waals surface area contributed by atoms with Gasteiger partial charge in [0.1, 0.15) is 12.2 Å². The number of alkyl carbamates (subject to hydrolysis) is 1. The fraction of sp³-hybridized carbons (Fsp3) is 0.467. The largest absolute Gasteiger partial charge is 0.480 e. The summed E-state index contributed by atoms with van der Waals surface area (Å²) in [6.45, 7) is 4.91. The zero-order valence-electron chi connectivity index (χ0n) is 12.8. The van der Waals surface area contributed by atoms with E-state index in [-0.39, 0.29) is 6.61 Å². The van der Waals surface area contributed by atoms with E-state index in [9.17, 15) is 9.59 Å². The summed E-state index contributed by atoms with van der Waals surface area (Å²) in [6.07, 6.45) is -0.584. The van der Waals surface area contributed by atoms with Crippen LogP contribution in [0, 0.1) is 0 Å². The van der Waals surface area contributed by atoms with Crippen molar-refractivity contribution in [1.82, 2.24) is 5.32 Å². The van der Waals surface area contributed by atoms with Gasteiger partial charge in [-0.2, -0.15) is 0 Å². The Morgan fingerprint density at radius 2 is 1.86 bits per heavy atom. The van der Waals surface area contributed by atoms with E-state index in [1.165, 1.54) is 0 Å². The fourth-order valence-electron chi connectivity index (χ4n) is 1.63. The minimum atomic E-state index is -1.06. The molecule has 0 radical (unpaired) electrons. The number of carboxylic acid groups (broad SMARTS) is 1. The summed E-state index contributed by atoms with van der Waals surface area (Å²) < 4.78 is 11.2. The van der Waals surface area contributed by atoms with Crippen LogP contribution in [0.4, 0.5) is 4.79 Å². The molecule has 2 N–H and O–H groups in total. The second-order valence-electron chi connectivity index (χ2n) is 5.66. The molecule has 0 aliphatic heterocycles. The lowest BCUT2D eigenvalue weighted by molar-refractivity contribution is -0.142. The summed E-state index contributed by atoms with van der Waals surface area (Å²) >= 11 is 3.34. The quantitative estimate of drug-likeness (QED) is 0.799. The van der Waals surface area contributed by atoms with E-state index in [0.717, 1.165) is 10.0 Å².